The van der Waals surface area contributed by atoms with Gasteiger partial charge in [0.25, 0.3) is 0 Å². The molecule has 3 unspecified atom stereocenters. The van der Waals surface area contributed by atoms with Gasteiger partial charge in [0.05, 0.1) is 6.61 Å². The molecule has 0 aromatic carbocycles. The molecular weight excluding hydrogens is 182 g/mol. The first-order valence-electron chi connectivity index (χ1n) is 5.26. The maximum atomic E-state index is 8.93. The fourth-order valence-corrected chi connectivity index (χ4v) is 3.27. The van der Waals surface area contributed by atoms with Gasteiger partial charge in [0.2, 0.25) is 0 Å². The van der Waals surface area contributed by atoms with Gasteiger partial charge in [0.1, 0.15) is 0 Å². The van der Waals surface area contributed by atoms with Crippen LogP contribution in [0.2, 0.25) is 0 Å². The summed E-state index contributed by atoms with van der Waals surface area (Å²) in [5.74, 6) is 0. The van der Waals surface area contributed by atoms with Crippen LogP contribution in [0.15, 0.2) is 0 Å². The molecule has 0 saturated heterocycles. The summed E-state index contributed by atoms with van der Waals surface area (Å²) >= 11 is 1.95. The monoisotopic (exact) mass is 203 g/mol. The highest BCUT2D eigenvalue weighted by Gasteiger charge is 2.25. The summed E-state index contributed by atoms with van der Waals surface area (Å²) in [7, 11) is 0. The zero-order chi connectivity index (χ0) is 9.68. The molecule has 78 valence electrons. The number of nitrogens with one attached hydrogen (secondary N) is 1. The molecule has 13 heavy (non-hydrogen) atoms. The van der Waals surface area contributed by atoms with Crippen LogP contribution in [-0.4, -0.2) is 34.8 Å². The molecule has 1 saturated carbocycles. The Morgan fingerprint density at radius 1 is 1.54 bits per heavy atom. The van der Waals surface area contributed by atoms with Crippen molar-refractivity contribution >= 4 is 11.8 Å². The van der Waals surface area contributed by atoms with E-state index in [0.29, 0.717) is 11.9 Å². The van der Waals surface area contributed by atoms with Gasteiger partial charge in [-0.1, -0.05) is 13.8 Å². The van der Waals surface area contributed by atoms with Crippen molar-refractivity contribution < 1.29 is 5.11 Å². The molecule has 1 aliphatic carbocycles. The van der Waals surface area contributed by atoms with Gasteiger partial charge >= 0.3 is 0 Å². The van der Waals surface area contributed by atoms with E-state index in [-0.39, 0.29) is 0 Å². The zero-order valence-corrected chi connectivity index (χ0v) is 9.44. The van der Waals surface area contributed by atoms with Gasteiger partial charge in [-0.15, -0.1) is 0 Å². The Kier molecular flexibility index (Phi) is 5.14. The Hall–Kier alpha value is 0.270. The summed E-state index contributed by atoms with van der Waals surface area (Å²) in [6.45, 7) is 5.66. The van der Waals surface area contributed by atoms with Crippen LogP contribution >= 0.6 is 11.8 Å². The van der Waals surface area contributed by atoms with Crippen LogP contribution in [0.25, 0.3) is 0 Å². The third-order valence-corrected chi connectivity index (χ3v) is 3.99. The molecule has 0 radical (unpaired) electrons. The van der Waals surface area contributed by atoms with E-state index in [1.807, 2.05) is 11.8 Å². The predicted molar refractivity (Wildman–Crippen MR) is 59.2 cm³/mol. The molecule has 1 aliphatic rings. The van der Waals surface area contributed by atoms with E-state index in [2.05, 4.69) is 19.2 Å². The van der Waals surface area contributed by atoms with Crippen molar-refractivity contribution in [2.75, 3.05) is 13.2 Å². The second kappa shape index (κ2) is 5.89. The molecule has 2 N–H and O–H groups in total. The first-order valence-corrected chi connectivity index (χ1v) is 6.20. The van der Waals surface area contributed by atoms with Crippen molar-refractivity contribution in [3.05, 3.63) is 0 Å². The van der Waals surface area contributed by atoms with E-state index in [1.54, 1.807) is 0 Å². The van der Waals surface area contributed by atoms with Crippen molar-refractivity contribution in [1.82, 2.24) is 5.32 Å². The lowest BCUT2D eigenvalue weighted by atomic mass is 10.2. The second-order valence-electron chi connectivity index (χ2n) is 3.82. The third kappa shape index (κ3) is 3.88. The minimum atomic E-state index is 0.313. The highest BCUT2D eigenvalue weighted by atomic mass is 32.2. The summed E-state index contributed by atoms with van der Waals surface area (Å²) in [5, 5.41) is 13.6. The van der Waals surface area contributed by atoms with Crippen molar-refractivity contribution in [2.24, 2.45) is 0 Å². The highest BCUT2D eigenvalue weighted by Crippen LogP contribution is 2.32. The third-order valence-electron chi connectivity index (χ3n) is 2.56. The number of hydrogen-bond donors (Lipinski definition) is 2. The van der Waals surface area contributed by atoms with Crippen LogP contribution in [0.4, 0.5) is 0 Å². The van der Waals surface area contributed by atoms with Crippen LogP contribution in [0, 0.1) is 0 Å². The molecule has 0 spiro atoms. The molecule has 3 heteroatoms. The molecule has 0 aliphatic heterocycles. The normalized spacial score (nSPS) is 30.7. The highest BCUT2D eigenvalue weighted by molar-refractivity contribution is 8.00. The van der Waals surface area contributed by atoms with E-state index in [9.17, 15) is 0 Å². The van der Waals surface area contributed by atoms with Gasteiger partial charge in [-0.2, -0.15) is 11.8 Å². The Labute approximate surface area is 85.5 Å². The quantitative estimate of drug-likeness (QED) is 0.712. The van der Waals surface area contributed by atoms with Gasteiger partial charge < -0.3 is 10.4 Å². The van der Waals surface area contributed by atoms with Crippen LogP contribution in [0.5, 0.6) is 0 Å². The molecule has 1 rings (SSSR count). The Balaban J connectivity index is 2.17. The van der Waals surface area contributed by atoms with Crippen LogP contribution in [-0.2, 0) is 0 Å². The maximum absolute atomic E-state index is 8.93. The lowest BCUT2D eigenvalue weighted by Gasteiger charge is -2.14. The number of rotatable bonds is 5. The molecule has 3 atom stereocenters. The molecule has 0 bridgehead atoms. The molecular formula is C10H21NOS. The van der Waals surface area contributed by atoms with E-state index in [1.165, 1.54) is 19.3 Å². The summed E-state index contributed by atoms with van der Waals surface area (Å²) in [6.07, 6.45) is 3.90. The smallest absolute Gasteiger partial charge is 0.0547 e. The lowest BCUT2D eigenvalue weighted by molar-refractivity contribution is 0.299. The second-order valence-corrected chi connectivity index (χ2v) is 5.56. The average Bonchev–Trinajstić information content (AvgIpc) is 2.53. The van der Waals surface area contributed by atoms with Crippen molar-refractivity contribution in [3.63, 3.8) is 0 Å². The van der Waals surface area contributed by atoms with Gasteiger partial charge in [-0.3, -0.25) is 0 Å². The Morgan fingerprint density at radius 3 is 2.92 bits per heavy atom. The van der Waals surface area contributed by atoms with Gasteiger partial charge in [0.15, 0.2) is 0 Å². The van der Waals surface area contributed by atoms with Crippen LogP contribution < -0.4 is 5.32 Å². The van der Waals surface area contributed by atoms with E-state index in [4.69, 9.17) is 5.11 Å². The Bertz CT molecular complexity index is 143. The van der Waals surface area contributed by atoms with E-state index < -0.39 is 0 Å². The first kappa shape index (κ1) is 11.3. The summed E-state index contributed by atoms with van der Waals surface area (Å²) in [5.41, 5.74) is 0. The summed E-state index contributed by atoms with van der Waals surface area (Å²) < 4.78 is 0. The van der Waals surface area contributed by atoms with E-state index in [0.717, 1.165) is 17.8 Å². The van der Waals surface area contributed by atoms with Crippen molar-refractivity contribution in [3.8, 4) is 0 Å². The minimum Gasteiger partial charge on any atom is -0.395 e. The van der Waals surface area contributed by atoms with Crippen molar-refractivity contribution in [1.29, 1.82) is 0 Å². The van der Waals surface area contributed by atoms with Gasteiger partial charge in [-0.25, -0.2) is 0 Å². The SMILES string of the molecule is CCNC1CCC(SC(C)CO)C1. The molecule has 0 aromatic rings. The fourth-order valence-electron chi connectivity index (χ4n) is 1.91. The molecule has 0 aromatic heterocycles. The Morgan fingerprint density at radius 2 is 2.31 bits per heavy atom. The number of thioether (sulfide) groups is 1. The van der Waals surface area contributed by atoms with Crippen molar-refractivity contribution in [2.45, 2.75) is 49.7 Å². The first-order chi connectivity index (χ1) is 6.26. The fraction of sp³-hybridized carbons (Fsp3) is 1.00. The van der Waals surface area contributed by atoms with Crippen LogP contribution in [0.1, 0.15) is 33.1 Å². The standard InChI is InChI=1S/C10H21NOS/c1-3-11-9-4-5-10(6-9)13-8(2)7-12/h8-12H,3-7H2,1-2H3. The molecule has 0 amide bonds. The molecule has 2 nitrogen and oxygen atoms in total. The summed E-state index contributed by atoms with van der Waals surface area (Å²) in [6, 6.07) is 0.730. The maximum Gasteiger partial charge on any atom is 0.0547 e. The zero-order valence-electron chi connectivity index (χ0n) is 8.62. The lowest BCUT2D eigenvalue weighted by Crippen LogP contribution is -2.26. The average molecular weight is 203 g/mol. The topological polar surface area (TPSA) is 32.3 Å². The predicted octanol–water partition coefficient (Wildman–Crippen LogP) is 1.63. The largest absolute Gasteiger partial charge is 0.395 e. The number of hydrogen-bond acceptors (Lipinski definition) is 3. The molecule has 1 fully saturated rings. The summed E-state index contributed by atoms with van der Waals surface area (Å²) in [4.78, 5) is 0. The van der Waals surface area contributed by atoms with E-state index >= 15 is 0 Å². The van der Waals surface area contributed by atoms with Gasteiger partial charge in [0, 0.05) is 16.5 Å². The number of aliphatic hydroxyl groups excluding tert-OH is 1. The minimum absolute atomic E-state index is 0.313. The number of aliphatic hydroxyl groups is 1. The van der Waals surface area contributed by atoms with Crippen LogP contribution in [0.3, 0.4) is 0 Å². The molecule has 0 heterocycles. The van der Waals surface area contributed by atoms with Gasteiger partial charge in [-0.05, 0) is 25.8 Å².